The quantitative estimate of drug-likeness (QED) is 0.713. The molecule has 0 saturated heterocycles. The van der Waals surface area contributed by atoms with Gasteiger partial charge in [0.05, 0.1) is 6.54 Å². The molecule has 0 bridgehead atoms. The molecule has 2 aliphatic rings. The number of aliphatic carboxylic acids is 1. The summed E-state index contributed by atoms with van der Waals surface area (Å²) in [6, 6.07) is 7.49. The highest BCUT2D eigenvalue weighted by atomic mass is 16.7. The number of aryl methyl sites for hydroxylation is 1. The van der Waals surface area contributed by atoms with E-state index in [1.165, 1.54) is 5.56 Å². The maximum Gasteiger partial charge on any atom is 0.317 e. The van der Waals surface area contributed by atoms with Crippen molar-refractivity contribution in [2.24, 2.45) is 0 Å². The number of nitrogens with zero attached hydrogens (tertiary/aromatic N) is 1. The molecule has 6 heteroatoms. The van der Waals surface area contributed by atoms with Crippen molar-refractivity contribution in [3.05, 3.63) is 23.8 Å². The third-order valence-corrected chi connectivity index (χ3v) is 5.20. The first-order chi connectivity index (χ1) is 12.0. The number of likely N-dealkylation sites (N-methyl/N-ethyl adjacent to an activating group) is 1. The zero-order valence-corrected chi connectivity index (χ0v) is 15.0. The second-order valence-corrected chi connectivity index (χ2v) is 7.07. The Labute approximate surface area is 149 Å². The summed E-state index contributed by atoms with van der Waals surface area (Å²) < 4.78 is 10.8. The molecule has 6 nitrogen and oxygen atoms in total. The minimum absolute atomic E-state index is 0.146. The summed E-state index contributed by atoms with van der Waals surface area (Å²) >= 11 is 0. The van der Waals surface area contributed by atoms with Crippen LogP contribution < -0.4 is 14.8 Å². The van der Waals surface area contributed by atoms with Crippen LogP contribution in [0.2, 0.25) is 0 Å². The summed E-state index contributed by atoms with van der Waals surface area (Å²) in [6.07, 6.45) is 4.14. The molecule has 138 valence electrons. The van der Waals surface area contributed by atoms with Crippen molar-refractivity contribution >= 4 is 5.97 Å². The van der Waals surface area contributed by atoms with E-state index in [1.807, 2.05) is 13.0 Å². The predicted molar refractivity (Wildman–Crippen MR) is 95.2 cm³/mol. The Bertz CT molecular complexity index is 601. The first kappa shape index (κ1) is 18.0. The zero-order chi connectivity index (χ0) is 17.8. The van der Waals surface area contributed by atoms with Gasteiger partial charge in [0.2, 0.25) is 6.79 Å². The van der Waals surface area contributed by atoms with Crippen LogP contribution in [-0.4, -0.2) is 54.0 Å². The molecule has 2 N–H and O–H groups in total. The molecule has 0 amide bonds. The molecule has 1 aliphatic heterocycles. The van der Waals surface area contributed by atoms with Crippen molar-refractivity contribution in [3.8, 4) is 11.5 Å². The maximum atomic E-state index is 10.9. The Morgan fingerprint density at radius 3 is 2.84 bits per heavy atom. The molecule has 0 radical (unpaired) electrons. The molecule has 25 heavy (non-hydrogen) atoms. The Balaban J connectivity index is 1.38. The Kier molecular flexibility index (Phi) is 5.81. The van der Waals surface area contributed by atoms with E-state index in [0.29, 0.717) is 24.9 Å². The molecule has 1 aromatic carbocycles. The summed E-state index contributed by atoms with van der Waals surface area (Å²) in [4.78, 5) is 12.9. The van der Waals surface area contributed by atoms with Gasteiger partial charge in [0, 0.05) is 18.1 Å². The highest BCUT2D eigenvalue weighted by molar-refractivity contribution is 5.69. The topological polar surface area (TPSA) is 71.0 Å². The number of hydrogen-bond donors (Lipinski definition) is 2. The summed E-state index contributed by atoms with van der Waals surface area (Å²) in [6.45, 7) is 5.50. The number of benzene rings is 1. The van der Waals surface area contributed by atoms with Gasteiger partial charge in [0.1, 0.15) is 0 Å². The third-order valence-electron chi connectivity index (χ3n) is 5.20. The normalized spacial score (nSPS) is 22.7. The van der Waals surface area contributed by atoms with Gasteiger partial charge in [-0.05, 0) is 56.8 Å². The molecule has 1 heterocycles. The van der Waals surface area contributed by atoms with Crippen LogP contribution in [0.4, 0.5) is 0 Å². The molecule has 1 saturated carbocycles. The standard InChI is InChI=1S/C19H28N2O4/c1-3-21(11-19(22)23)16-9-15(10-16)20-13(2)4-5-14-6-7-17-18(8-14)25-12-24-17/h6-8,13,15-16,20H,3-5,9-12H2,1-2H3,(H,22,23). The van der Waals surface area contributed by atoms with E-state index in [9.17, 15) is 4.79 Å². The Morgan fingerprint density at radius 2 is 2.12 bits per heavy atom. The van der Waals surface area contributed by atoms with Gasteiger partial charge in [0.15, 0.2) is 11.5 Å². The van der Waals surface area contributed by atoms with Crippen molar-refractivity contribution in [2.45, 2.75) is 57.7 Å². The average molecular weight is 348 g/mol. The predicted octanol–water partition coefficient (Wildman–Crippen LogP) is 2.26. The van der Waals surface area contributed by atoms with Gasteiger partial charge in [-0.2, -0.15) is 0 Å². The van der Waals surface area contributed by atoms with Gasteiger partial charge in [-0.1, -0.05) is 13.0 Å². The summed E-state index contributed by atoms with van der Waals surface area (Å²) in [5.74, 6) is 0.936. The molecule has 1 unspecified atom stereocenters. The van der Waals surface area contributed by atoms with E-state index in [4.69, 9.17) is 14.6 Å². The molecular formula is C19H28N2O4. The van der Waals surface area contributed by atoms with Gasteiger partial charge < -0.3 is 19.9 Å². The molecule has 3 rings (SSSR count). The molecule has 1 aromatic rings. The van der Waals surface area contributed by atoms with Crippen molar-refractivity contribution in [2.75, 3.05) is 19.9 Å². The van der Waals surface area contributed by atoms with E-state index in [1.54, 1.807) is 0 Å². The van der Waals surface area contributed by atoms with Crippen LogP contribution in [0.25, 0.3) is 0 Å². The van der Waals surface area contributed by atoms with E-state index in [2.05, 4.69) is 29.3 Å². The lowest BCUT2D eigenvalue weighted by Crippen LogP contribution is -2.55. The molecule has 1 atom stereocenters. The molecular weight excluding hydrogens is 320 g/mol. The van der Waals surface area contributed by atoms with Crippen LogP contribution in [0.1, 0.15) is 38.7 Å². The average Bonchev–Trinajstić information content (AvgIpc) is 3.01. The Hall–Kier alpha value is -1.79. The van der Waals surface area contributed by atoms with Crippen LogP contribution in [0.3, 0.4) is 0 Å². The lowest BCUT2D eigenvalue weighted by molar-refractivity contribution is -0.139. The van der Waals surface area contributed by atoms with Crippen LogP contribution in [0, 0.1) is 0 Å². The summed E-state index contributed by atoms with van der Waals surface area (Å²) in [5, 5.41) is 12.6. The van der Waals surface area contributed by atoms with E-state index < -0.39 is 5.97 Å². The van der Waals surface area contributed by atoms with Crippen molar-refractivity contribution in [1.29, 1.82) is 0 Å². The van der Waals surface area contributed by atoms with Gasteiger partial charge in [-0.25, -0.2) is 0 Å². The molecule has 1 fully saturated rings. The van der Waals surface area contributed by atoms with Crippen molar-refractivity contribution < 1.29 is 19.4 Å². The Morgan fingerprint density at radius 1 is 1.36 bits per heavy atom. The fourth-order valence-electron chi connectivity index (χ4n) is 3.66. The lowest BCUT2D eigenvalue weighted by atomic mass is 9.84. The van der Waals surface area contributed by atoms with Crippen LogP contribution >= 0.6 is 0 Å². The second kappa shape index (κ2) is 8.06. The van der Waals surface area contributed by atoms with E-state index in [0.717, 1.165) is 43.7 Å². The largest absolute Gasteiger partial charge is 0.480 e. The number of nitrogens with one attached hydrogen (secondary N) is 1. The number of ether oxygens (including phenoxy) is 2. The first-order valence-electron chi connectivity index (χ1n) is 9.15. The van der Waals surface area contributed by atoms with Gasteiger partial charge >= 0.3 is 5.97 Å². The van der Waals surface area contributed by atoms with Crippen LogP contribution in [0.15, 0.2) is 18.2 Å². The number of carboxylic acids is 1. The number of hydrogen-bond acceptors (Lipinski definition) is 5. The fraction of sp³-hybridized carbons (Fsp3) is 0.632. The lowest BCUT2D eigenvalue weighted by Gasteiger charge is -2.43. The number of carboxylic acid groups (broad SMARTS) is 1. The van der Waals surface area contributed by atoms with Crippen LogP contribution in [-0.2, 0) is 11.2 Å². The number of rotatable bonds is 9. The molecule has 1 aliphatic carbocycles. The minimum Gasteiger partial charge on any atom is -0.480 e. The summed E-state index contributed by atoms with van der Waals surface area (Å²) in [5.41, 5.74) is 1.27. The monoisotopic (exact) mass is 348 g/mol. The van der Waals surface area contributed by atoms with Gasteiger partial charge in [-0.3, -0.25) is 9.69 Å². The van der Waals surface area contributed by atoms with Gasteiger partial charge in [-0.15, -0.1) is 0 Å². The van der Waals surface area contributed by atoms with E-state index in [-0.39, 0.29) is 6.54 Å². The highest BCUT2D eigenvalue weighted by Crippen LogP contribution is 2.33. The number of carbonyl (C=O) groups is 1. The summed E-state index contributed by atoms with van der Waals surface area (Å²) in [7, 11) is 0. The maximum absolute atomic E-state index is 10.9. The highest BCUT2D eigenvalue weighted by Gasteiger charge is 2.34. The second-order valence-electron chi connectivity index (χ2n) is 7.07. The van der Waals surface area contributed by atoms with Crippen molar-refractivity contribution in [3.63, 3.8) is 0 Å². The molecule has 0 aromatic heterocycles. The van der Waals surface area contributed by atoms with Crippen LogP contribution in [0.5, 0.6) is 11.5 Å². The number of fused-ring (bicyclic) bond motifs is 1. The smallest absolute Gasteiger partial charge is 0.317 e. The van der Waals surface area contributed by atoms with E-state index >= 15 is 0 Å². The molecule has 0 spiro atoms. The first-order valence-corrected chi connectivity index (χ1v) is 9.15. The van der Waals surface area contributed by atoms with Gasteiger partial charge in [0.25, 0.3) is 0 Å². The zero-order valence-electron chi connectivity index (χ0n) is 15.0. The SMILES string of the molecule is CCN(CC(=O)O)C1CC(NC(C)CCc2ccc3c(c2)OCO3)C1. The third kappa shape index (κ3) is 4.64. The fourth-order valence-corrected chi connectivity index (χ4v) is 3.66. The minimum atomic E-state index is -0.740. The van der Waals surface area contributed by atoms with Crippen molar-refractivity contribution in [1.82, 2.24) is 10.2 Å².